The van der Waals surface area contributed by atoms with Crippen molar-refractivity contribution in [2.75, 3.05) is 0 Å². The highest BCUT2D eigenvalue weighted by Gasteiger charge is 2.31. The Bertz CT molecular complexity index is 947. The molecule has 1 aliphatic carbocycles. The van der Waals surface area contributed by atoms with Gasteiger partial charge in [0.2, 0.25) is 0 Å². The lowest BCUT2D eigenvalue weighted by Gasteiger charge is -2.30. The van der Waals surface area contributed by atoms with Crippen molar-refractivity contribution in [1.82, 2.24) is 0 Å². The average Bonchev–Trinajstić information content (AvgIpc) is 2.94. The van der Waals surface area contributed by atoms with E-state index in [0.717, 1.165) is 35.1 Å². The van der Waals surface area contributed by atoms with Crippen molar-refractivity contribution in [3.63, 3.8) is 0 Å². The molecule has 0 amide bonds. The van der Waals surface area contributed by atoms with Gasteiger partial charge in [0, 0.05) is 0 Å². The first-order chi connectivity index (χ1) is 12.7. The smallest absolute Gasteiger partial charge is 0.0624 e. The predicted molar refractivity (Wildman–Crippen MR) is 124 cm³/mol. The fourth-order valence-electron chi connectivity index (χ4n) is 4.24. The zero-order chi connectivity index (χ0) is 19.9. The topological polar surface area (TPSA) is 0 Å². The number of rotatable bonds is 5. The van der Waals surface area contributed by atoms with Crippen LogP contribution < -0.4 is 0 Å². The van der Waals surface area contributed by atoms with E-state index >= 15 is 0 Å². The van der Waals surface area contributed by atoms with E-state index in [1.807, 2.05) is 6.92 Å². The molecule has 2 aromatic rings. The Morgan fingerprint density at radius 2 is 1.63 bits per heavy atom. The van der Waals surface area contributed by atoms with Gasteiger partial charge in [-0.05, 0) is 77.6 Å². The maximum atomic E-state index is 5.22. The summed E-state index contributed by atoms with van der Waals surface area (Å²) in [6, 6.07) is 13.4. The largest absolute Gasteiger partial charge is 0.163 e. The molecule has 0 spiro atoms. The maximum Gasteiger partial charge on any atom is 0.0624 e. The van der Waals surface area contributed by atoms with Gasteiger partial charge in [0.1, 0.15) is 0 Å². The summed E-state index contributed by atoms with van der Waals surface area (Å²) < 4.78 is -0.337. The van der Waals surface area contributed by atoms with Gasteiger partial charge in [0.15, 0.2) is 0 Å². The van der Waals surface area contributed by atoms with Gasteiger partial charge in [0.25, 0.3) is 0 Å². The summed E-state index contributed by atoms with van der Waals surface area (Å²) in [5.41, 5.74) is 10.9. The number of fused-ring (bicyclic) bond motifs is 1. The van der Waals surface area contributed by atoms with E-state index in [1.54, 1.807) is 0 Å². The predicted octanol–water partition coefficient (Wildman–Crippen LogP) is 7.86. The third kappa shape index (κ3) is 3.34. The van der Waals surface area contributed by atoms with Crippen LogP contribution in [0.4, 0.5) is 0 Å². The third-order valence-corrected chi connectivity index (χ3v) is 6.75. The number of benzene rings is 2. The molecular weight excluding hydrogens is 344 g/mol. The molecule has 0 bridgehead atoms. The minimum Gasteiger partial charge on any atom is -0.163 e. The minimum absolute atomic E-state index is 0.337. The Balaban J connectivity index is 2.15. The van der Waals surface area contributed by atoms with Gasteiger partial charge >= 0.3 is 0 Å². The van der Waals surface area contributed by atoms with E-state index < -0.39 is 0 Å². The zero-order valence-electron chi connectivity index (χ0n) is 17.0. The molecule has 0 saturated heterocycles. The van der Waals surface area contributed by atoms with E-state index in [4.69, 9.17) is 12.6 Å². The second-order valence-corrected chi connectivity index (χ2v) is 8.81. The van der Waals surface area contributed by atoms with E-state index in [2.05, 4.69) is 76.9 Å². The van der Waals surface area contributed by atoms with Crippen LogP contribution in [0.1, 0.15) is 79.8 Å². The Morgan fingerprint density at radius 3 is 2.22 bits per heavy atom. The number of hydrogen-bond donors (Lipinski definition) is 1. The second kappa shape index (κ2) is 7.20. The summed E-state index contributed by atoms with van der Waals surface area (Å²) in [7, 11) is 0. The molecule has 0 N–H and O–H groups in total. The molecule has 140 valence electrons. The summed E-state index contributed by atoms with van der Waals surface area (Å²) >= 11 is 5.22. The summed E-state index contributed by atoms with van der Waals surface area (Å²) in [4.78, 5) is 0. The lowest BCUT2D eigenvalue weighted by atomic mass is 9.83. The first-order valence-electron chi connectivity index (χ1n) is 9.70. The van der Waals surface area contributed by atoms with Crippen molar-refractivity contribution >= 4 is 29.3 Å². The molecule has 0 radical (unpaired) electrons. The summed E-state index contributed by atoms with van der Waals surface area (Å²) in [6.45, 7) is 21.1. The Hall–Kier alpha value is -1.99. The van der Waals surface area contributed by atoms with Crippen molar-refractivity contribution in [3.8, 4) is 0 Å². The molecule has 0 aromatic heterocycles. The van der Waals surface area contributed by atoms with Crippen LogP contribution in [0.15, 0.2) is 56.1 Å². The van der Waals surface area contributed by atoms with Crippen molar-refractivity contribution in [1.29, 1.82) is 0 Å². The number of thiol groups is 1. The molecule has 0 heterocycles. The zero-order valence-corrected chi connectivity index (χ0v) is 17.9. The summed E-state index contributed by atoms with van der Waals surface area (Å²) in [5, 5.41) is 0. The number of hydrogen-bond acceptors (Lipinski definition) is 1. The SMILES string of the molecule is C=C(C)c1ccc(C(S)(CC)c2ccc3c(c2)C(C)CC3=C)cc1C(=C)C. The van der Waals surface area contributed by atoms with Gasteiger partial charge in [-0.15, -0.1) is 0 Å². The molecule has 0 nitrogen and oxygen atoms in total. The molecule has 2 atom stereocenters. The van der Waals surface area contributed by atoms with Crippen LogP contribution in [-0.4, -0.2) is 0 Å². The van der Waals surface area contributed by atoms with Gasteiger partial charge in [-0.25, -0.2) is 0 Å². The van der Waals surface area contributed by atoms with E-state index in [0.29, 0.717) is 5.92 Å². The van der Waals surface area contributed by atoms with Gasteiger partial charge in [-0.3, -0.25) is 0 Å². The number of allylic oxidation sites excluding steroid dienone is 3. The first kappa shape index (κ1) is 19.8. The highest BCUT2D eigenvalue weighted by Crippen LogP contribution is 2.46. The van der Waals surface area contributed by atoms with Gasteiger partial charge in [-0.2, -0.15) is 12.6 Å². The lowest BCUT2D eigenvalue weighted by Crippen LogP contribution is -2.20. The monoisotopic (exact) mass is 374 g/mol. The van der Waals surface area contributed by atoms with Crippen LogP contribution in [0.2, 0.25) is 0 Å². The molecule has 2 unspecified atom stereocenters. The molecule has 0 fully saturated rings. The molecule has 1 aliphatic rings. The fraction of sp³-hybridized carbons (Fsp3) is 0.308. The normalized spacial score (nSPS) is 18.1. The molecule has 2 aromatic carbocycles. The van der Waals surface area contributed by atoms with Crippen LogP contribution in [0.25, 0.3) is 16.7 Å². The van der Waals surface area contributed by atoms with Crippen molar-refractivity contribution in [2.45, 2.75) is 51.2 Å². The van der Waals surface area contributed by atoms with Crippen LogP contribution in [0.3, 0.4) is 0 Å². The van der Waals surface area contributed by atoms with Gasteiger partial charge in [-0.1, -0.05) is 75.1 Å². The third-order valence-electron chi connectivity index (χ3n) is 5.92. The van der Waals surface area contributed by atoms with Crippen LogP contribution >= 0.6 is 12.6 Å². The molecule has 0 aliphatic heterocycles. The van der Waals surface area contributed by atoms with Crippen LogP contribution in [-0.2, 0) is 4.75 Å². The summed E-state index contributed by atoms with van der Waals surface area (Å²) in [6.07, 6.45) is 1.96. The second-order valence-electron chi connectivity index (χ2n) is 8.05. The average molecular weight is 375 g/mol. The van der Waals surface area contributed by atoms with Crippen LogP contribution in [0, 0.1) is 0 Å². The van der Waals surface area contributed by atoms with E-state index in [1.165, 1.54) is 27.8 Å². The van der Waals surface area contributed by atoms with Gasteiger partial charge in [0.05, 0.1) is 4.75 Å². The first-order valence-corrected chi connectivity index (χ1v) is 10.1. The summed E-state index contributed by atoms with van der Waals surface area (Å²) in [5.74, 6) is 0.527. The Labute approximate surface area is 170 Å². The van der Waals surface area contributed by atoms with Crippen molar-refractivity contribution < 1.29 is 0 Å². The van der Waals surface area contributed by atoms with Crippen molar-refractivity contribution in [2.24, 2.45) is 0 Å². The Morgan fingerprint density at radius 1 is 1.04 bits per heavy atom. The molecule has 3 rings (SSSR count). The molecule has 1 heteroatoms. The highest BCUT2D eigenvalue weighted by atomic mass is 32.1. The van der Waals surface area contributed by atoms with E-state index in [9.17, 15) is 0 Å². The molecular formula is C26H30S. The van der Waals surface area contributed by atoms with Crippen molar-refractivity contribution in [3.05, 3.63) is 89.5 Å². The fourth-order valence-corrected chi connectivity index (χ4v) is 4.52. The lowest BCUT2D eigenvalue weighted by molar-refractivity contribution is 0.712. The highest BCUT2D eigenvalue weighted by molar-refractivity contribution is 7.81. The maximum absolute atomic E-state index is 5.22. The quantitative estimate of drug-likeness (QED) is 0.506. The van der Waals surface area contributed by atoms with E-state index in [-0.39, 0.29) is 4.75 Å². The standard InChI is InChI=1S/C26H30S/c1-8-26(27,20-9-11-22(16(2)3)24(14-20)17(4)5)21-10-12-23-18(6)13-19(7)25(23)15-21/h9-12,14-15,19,27H,2,4,6,8,13H2,1,3,5,7H3. The minimum atomic E-state index is -0.337. The van der Waals surface area contributed by atoms with Gasteiger partial charge < -0.3 is 0 Å². The molecule has 27 heavy (non-hydrogen) atoms. The molecule has 0 saturated carbocycles. The van der Waals surface area contributed by atoms with Crippen LogP contribution in [0.5, 0.6) is 0 Å². The Kier molecular flexibility index (Phi) is 5.27.